The van der Waals surface area contributed by atoms with Crippen molar-refractivity contribution in [2.24, 2.45) is 7.05 Å². The fourth-order valence-electron chi connectivity index (χ4n) is 2.35. The molecular formula is C13H15N3. The predicted octanol–water partition coefficient (Wildman–Crippen LogP) is 2.00. The fourth-order valence-corrected chi connectivity index (χ4v) is 2.35. The first-order valence-electron chi connectivity index (χ1n) is 5.57. The van der Waals surface area contributed by atoms with Crippen LogP contribution >= 0.6 is 0 Å². The van der Waals surface area contributed by atoms with Crippen LogP contribution in [0.15, 0.2) is 24.4 Å². The van der Waals surface area contributed by atoms with E-state index in [9.17, 15) is 0 Å². The summed E-state index contributed by atoms with van der Waals surface area (Å²) in [6.07, 6.45) is 2.08. The lowest BCUT2D eigenvalue weighted by molar-refractivity contribution is 0.756. The van der Waals surface area contributed by atoms with Crippen LogP contribution in [0.4, 0.5) is 0 Å². The first-order chi connectivity index (χ1) is 7.74. The zero-order valence-corrected chi connectivity index (χ0v) is 9.62. The molecule has 1 aromatic heterocycles. The first kappa shape index (κ1) is 9.60. The predicted molar refractivity (Wildman–Crippen MR) is 63.9 cm³/mol. The average Bonchev–Trinajstić information content (AvgIpc) is 2.83. The van der Waals surface area contributed by atoms with Crippen molar-refractivity contribution in [2.75, 3.05) is 0 Å². The minimum Gasteiger partial charge on any atom is -0.309 e. The van der Waals surface area contributed by atoms with Gasteiger partial charge in [-0.3, -0.25) is 4.68 Å². The van der Waals surface area contributed by atoms with Gasteiger partial charge in [-0.15, -0.1) is 0 Å². The number of hydrogen-bond acceptors (Lipinski definition) is 2. The highest BCUT2D eigenvalue weighted by atomic mass is 15.2. The summed E-state index contributed by atoms with van der Waals surface area (Å²) < 4.78 is 1.87. The number of nitrogens with zero attached hydrogens (tertiary/aromatic N) is 2. The highest BCUT2D eigenvalue weighted by molar-refractivity contribution is 5.66. The summed E-state index contributed by atoms with van der Waals surface area (Å²) in [5.41, 5.74) is 6.43. The summed E-state index contributed by atoms with van der Waals surface area (Å²) in [5, 5.41) is 7.75. The Bertz CT molecular complexity index is 540. The maximum absolute atomic E-state index is 4.38. The minimum absolute atomic E-state index is 0.989. The number of nitrogens with one attached hydrogen (secondary N) is 1. The lowest BCUT2D eigenvalue weighted by Crippen LogP contribution is -1.99. The highest BCUT2D eigenvalue weighted by Crippen LogP contribution is 2.26. The summed E-state index contributed by atoms with van der Waals surface area (Å²) in [4.78, 5) is 0. The second-order valence-corrected chi connectivity index (χ2v) is 4.39. The number of aryl methyl sites for hydroxylation is 2. The molecule has 1 aliphatic rings. The molecule has 0 unspecified atom stereocenters. The van der Waals surface area contributed by atoms with Crippen molar-refractivity contribution in [1.82, 2.24) is 15.1 Å². The molecular weight excluding hydrogens is 198 g/mol. The zero-order chi connectivity index (χ0) is 11.1. The average molecular weight is 213 g/mol. The number of aromatic nitrogens is 2. The molecule has 2 aromatic rings. The van der Waals surface area contributed by atoms with E-state index >= 15 is 0 Å². The second-order valence-electron chi connectivity index (χ2n) is 4.39. The van der Waals surface area contributed by atoms with Crippen molar-refractivity contribution >= 4 is 0 Å². The third kappa shape index (κ3) is 1.44. The lowest BCUT2D eigenvalue weighted by atomic mass is 10.0. The van der Waals surface area contributed by atoms with Crippen LogP contribution in [0.1, 0.15) is 16.8 Å². The van der Waals surface area contributed by atoms with E-state index < -0.39 is 0 Å². The Hall–Kier alpha value is -1.61. The summed E-state index contributed by atoms with van der Waals surface area (Å²) in [6.45, 7) is 4.05. The van der Waals surface area contributed by atoms with Gasteiger partial charge in [-0.05, 0) is 29.7 Å². The smallest absolute Gasteiger partial charge is 0.0671 e. The zero-order valence-electron chi connectivity index (χ0n) is 9.62. The van der Waals surface area contributed by atoms with E-state index in [0.717, 1.165) is 18.8 Å². The first-order valence-corrected chi connectivity index (χ1v) is 5.57. The molecule has 2 heterocycles. The second kappa shape index (κ2) is 3.46. The van der Waals surface area contributed by atoms with Crippen LogP contribution in [-0.4, -0.2) is 9.78 Å². The largest absolute Gasteiger partial charge is 0.309 e. The van der Waals surface area contributed by atoms with Gasteiger partial charge in [0.15, 0.2) is 0 Å². The van der Waals surface area contributed by atoms with Crippen LogP contribution in [0, 0.1) is 6.92 Å². The van der Waals surface area contributed by atoms with Gasteiger partial charge in [0, 0.05) is 31.9 Å². The van der Waals surface area contributed by atoms with Gasteiger partial charge >= 0.3 is 0 Å². The normalized spacial score (nSPS) is 14.1. The molecule has 1 aromatic carbocycles. The van der Waals surface area contributed by atoms with E-state index in [1.807, 2.05) is 11.7 Å². The quantitative estimate of drug-likeness (QED) is 0.785. The summed E-state index contributed by atoms with van der Waals surface area (Å²) >= 11 is 0. The molecule has 0 spiro atoms. The molecule has 0 saturated heterocycles. The Morgan fingerprint density at radius 3 is 2.81 bits per heavy atom. The molecule has 0 bridgehead atoms. The molecule has 0 aliphatic carbocycles. The number of rotatable bonds is 1. The van der Waals surface area contributed by atoms with Gasteiger partial charge in [0.2, 0.25) is 0 Å². The van der Waals surface area contributed by atoms with Crippen LogP contribution in [0.3, 0.4) is 0 Å². The molecule has 3 heteroatoms. The van der Waals surface area contributed by atoms with Gasteiger partial charge in [0.05, 0.1) is 5.69 Å². The Balaban J connectivity index is 2.10. The Kier molecular flexibility index (Phi) is 2.07. The standard InChI is InChI=1S/C13H15N3/c1-9-13(8-16(2)15-9)10-3-4-11-6-14-7-12(11)5-10/h3-5,8,14H,6-7H2,1-2H3. The number of benzene rings is 1. The van der Waals surface area contributed by atoms with Crippen LogP contribution in [0.25, 0.3) is 11.1 Å². The van der Waals surface area contributed by atoms with Gasteiger partial charge in [-0.1, -0.05) is 12.1 Å². The molecule has 3 rings (SSSR count). The summed E-state index contributed by atoms with van der Waals surface area (Å²) in [5.74, 6) is 0. The van der Waals surface area contributed by atoms with Gasteiger partial charge in [0.1, 0.15) is 0 Å². The van der Waals surface area contributed by atoms with Gasteiger partial charge in [-0.25, -0.2) is 0 Å². The van der Waals surface area contributed by atoms with Crippen LogP contribution in [-0.2, 0) is 20.1 Å². The monoisotopic (exact) mass is 213 g/mol. The molecule has 0 saturated carbocycles. The van der Waals surface area contributed by atoms with Crippen molar-refractivity contribution in [3.8, 4) is 11.1 Å². The van der Waals surface area contributed by atoms with E-state index in [1.54, 1.807) is 0 Å². The third-order valence-electron chi connectivity index (χ3n) is 3.16. The molecule has 82 valence electrons. The highest BCUT2D eigenvalue weighted by Gasteiger charge is 2.12. The maximum Gasteiger partial charge on any atom is 0.0671 e. The van der Waals surface area contributed by atoms with E-state index in [0.29, 0.717) is 0 Å². The van der Waals surface area contributed by atoms with Crippen molar-refractivity contribution in [3.05, 3.63) is 41.2 Å². The molecule has 16 heavy (non-hydrogen) atoms. The molecule has 1 N–H and O–H groups in total. The molecule has 1 aliphatic heterocycles. The Morgan fingerprint density at radius 2 is 2.06 bits per heavy atom. The van der Waals surface area contributed by atoms with E-state index in [-0.39, 0.29) is 0 Å². The molecule has 0 fully saturated rings. The van der Waals surface area contributed by atoms with E-state index in [2.05, 4.69) is 41.7 Å². The van der Waals surface area contributed by atoms with Gasteiger partial charge in [-0.2, -0.15) is 5.10 Å². The molecule has 0 amide bonds. The fraction of sp³-hybridized carbons (Fsp3) is 0.308. The number of hydrogen-bond donors (Lipinski definition) is 1. The van der Waals surface area contributed by atoms with Crippen LogP contribution < -0.4 is 5.32 Å². The molecule has 3 nitrogen and oxygen atoms in total. The van der Waals surface area contributed by atoms with Gasteiger partial charge < -0.3 is 5.32 Å². The Morgan fingerprint density at radius 1 is 1.25 bits per heavy atom. The summed E-state index contributed by atoms with van der Waals surface area (Å²) in [6, 6.07) is 6.69. The minimum atomic E-state index is 0.989. The molecule has 0 atom stereocenters. The van der Waals surface area contributed by atoms with Crippen molar-refractivity contribution in [2.45, 2.75) is 20.0 Å². The Labute approximate surface area is 95.1 Å². The third-order valence-corrected chi connectivity index (χ3v) is 3.16. The SMILES string of the molecule is Cc1nn(C)cc1-c1ccc2c(c1)CNC2. The van der Waals surface area contributed by atoms with Crippen LogP contribution in [0.5, 0.6) is 0 Å². The number of fused-ring (bicyclic) bond motifs is 1. The van der Waals surface area contributed by atoms with E-state index in [4.69, 9.17) is 0 Å². The maximum atomic E-state index is 4.38. The van der Waals surface area contributed by atoms with Crippen molar-refractivity contribution in [3.63, 3.8) is 0 Å². The van der Waals surface area contributed by atoms with E-state index in [1.165, 1.54) is 22.3 Å². The molecule has 0 radical (unpaired) electrons. The van der Waals surface area contributed by atoms with Crippen LogP contribution in [0.2, 0.25) is 0 Å². The van der Waals surface area contributed by atoms with Gasteiger partial charge in [0.25, 0.3) is 0 Å². The van der Waals surface area contributed by atoms with Crippen molar-refractivity contribution < 1.29 is 0 Å². The summed E-state index contributed by atoms with van der Waals surface area (Å²) in [7, 11) is 1.96. The lowest BCUT2D eigenvalue weighted by Gasteiger charge is -2.02. The van der Waals surface area contributed by atoms with Crippen molar-refractivity contribution in [1.29, 1.82) is 0 Å². The topological polar surface area (TPSA) is 29.9 Å².